The summed E-state index contributed by atoms with van der Waals surface area (Å²) in [6, 6.07) is 0. The highest BCUT2D eigenvalue weighted by molar-refractivity contribution is 5.14. The molecule has 2 unspecified atom stereocenters. The number of fused-ring (bicyclic) bond motifs is 2. The summed E-state index contributed by atoms with van der Waals surface area (Å²) in [6.07, 6.45) is 5.01. The van der Waals surface area contributed by atoms with E-state index in [9.17, 15) is 0 Å². The van der Waals surface area contributed by atoms with Gasteiger partial charge in [0.25, 0.3) is 0 Å². The first-order valence-corrected chi connectivity index (χ1v) is 5.65. The first kappa shape index (κ1) is 8.45. The Labute approximate surface area is 84.5 Å². The van der Waals surface area contributed by atoms with Crippen LogP contribution in [-0.2, 0) is 19.9 Å². The van der Waals surface area contributed by atoms with Crippen molar-refractivity contribution in [2.24, 2.45) is 24.8 Å². The average Bonchev–Trinajstić information content (AvgIpc) is 2.58. The van der Waals surface area contributed by atoms with Gasteiger partial charge in [-0.15, -0.1) is 5.10 Å². The molecule has 3 heteroatoms. The van der Waals surface area contributed by atoms with Gasteiger partial charge in [-0.2, -0.15) is 0 Å². The Morgan fingerprint density at radius 2 is 1.93 bits per heavy atom. The molecule has 0 amide bonds. The largest absolute Gasteiger partial charge is 0.252 e. The van der Waals surface area contributed by atoms with E-state index in [0.29, 0.717) is 0 Å². The van der Waals surface area contributed by atoms with E-state index in [1.807, 2.05) is 11.7 Å². The standard InChI is InChI=1S/C11H17N3/c1-7-8-3-5-10-11(6-4-9(7)8)14(2)13-12-10/h7-9H,3-6H2,1-2H3/t7-,8?,9?/m0/s1. The monoisotopic (exact) mass is 191 g/mol. The zero-order valence-corrected chi connectivity index (χ0v) is 8.90. The van der Waals surface area contributed by atoms with Gasteiger partial charge in [0.05, 0.1) is 11.4 Å². The lowest BCUT2D eigenvalue weighted by atomic mass is 10.0. The van der Waals surface area contributed by atoms with Crippen molar-refractivity contribution < 1.29 is 0 Å². The minimum Gasteiger partial charge on any atom is -0.252 e. The maximum atomic E-state index is 4.25. The van der Waals surface area contributed by atoms with Gasteiger partial charge >= 0.3 is 0 Å². The quantitative estimate of drug-likeness (QED) is 0.623. The van der Waals surface area contributed by atoms with E-state index in [1.165, 1.54) is 30.7 Å². The summed E-state index contributed by atoms with van der Waals surface area (Å²) in [5.41, 5.74) is 2.63. The molecule has 1 heterocycles. The molecule has 2 aliphatic carbocycles. The minimum atomic E-state index is 0.970. The van der Waals surface area contributed by atoms with E-state index >= 15 is 0 Å². The molecular formula is C11H17N3. The molecule has 3 atom stereocenters. The van der Waals surface area contributed by atoms with Crippen LogP contribution in [0.4, 0.5) is 0 Å². The smallest absolute Gasteiger partial charge is 0.0859 e. The summed E-state index contributed by atoms with van der Waals surface area (Å²) < 4.78 is 1.96. The summed E-state index contributed by atoms with van der Waals surface area (Å²) >= 11 is 0. The van der Waals surface area contributed by atoms with E-state index in [4.69, 9.17) is 0 Å². The summed E-state index contributed by atoms with van der Waals surface area (Å²) in [6.45, 7) is 2.40. The van der Waals surface area contributed by atoms with Crippen LogP contribution < -0.4 is 0 Å². The number of aryl methyl sites for hydroxylation is 2. The average molecular weight is 191 g/mol. The number of aromatic nitrogens is 3. The third kappa shape index (κ3) is 1.11. The van der Waals surface area contributed by atoms with Gasteiger partial charge < -0.3 is 0 Å². The maximum absolute atomic E-state index is 4.25. The molecule has 0 saturated heterocycles. The van der Waals surface area contributed by atoms with Crippen LogP contribution in [0.25, 0.3) is 0 Å². The minimum absolute atomic E-state index is 0.970. The number of hydrogen-bond acceptors (Lipinski definition) is 2. The predicted molar refractivity (Wildman–Crippen MR) is 53.8 cm³/mol. The van der Waals surface area contributed by atoms with Gasteiger partial charge in [0.1, 0.15) is 0 Å². The zero-order chi connectivity index (χ0) is 9.71. The number of rotatable bonds is 0. The van der Waals surface area contributed by atoms with Crippen LogP contribution >= 0.6 is 0 Å². The topological polar surface area (TPSA) is 30.7 Å². The van der Waals surface area contributed by atoms with Crippen LogP contribution in [0, 0.1) is 17.8 Å². The van der Waals surface area contributed by atoms with E-state index in [0.717, 1.165) is 24.2 Å². The lowest BCUT2D eigenvalue weighted by Crippen LogP contribution is -2.04. The molecular weight excluding hydrogens is 174 g/mol. The second-order valence-corrected chi connectivity index (χ2v) is 4.87. The Bertz CT molecular complexity index is 355. The SMILES string of the molecule is C[C@H]1C2CCc3nnn(C)c3CCC21. The molecule has 0 radical (unpaired) electrons. The summed E-state index contributed by atoms with van der Waals surface area (Å²) in [7, 11) is 2.02. The lowest BCUT2D eigenvalue weighted by Gasteiger charge is -2.07. The van der Waals surface area contributed by atoms with Crippen LogP contribution in [-0.4, -0.2) is 15.0 Å². The third-order valence-electron chi connectivity index (χ3n) is 4.21. The van der Waals surface area contributed by atoms with Gasteiger partial charge in [0.15, 0.2) is 0 Å². The second-order valence-electron chi connectivity index (χ2n) is 4.87. The third-order valence-corrected chi connectivity index (χ3v) is 4.21. The van der Waals surface area contributed by atoms with E-state index in [2.05, 4.69) is 17.2 Å². The summed E-state index contributed by atoms with van der Waals surface area (Å²) in [4.78, 5) is 0. The number of nitrogens with zero attached hydrogens (tertiary/aromatic N) is 3. The van der Waals surface area contributed by atoms with Crippen LogP contribution in [0.5, 0.6) is 0 Å². The summed E-state index contributed by atoms with van der Waals surface area (Å²) in [5, 5.41) is 8.36. The predicted octanol–water partition coefficient (Wildman–Crippen LogP) is 1.58. The molecule has 76 valence electrons. The van der Waals surface area contributed by atoms with Gasteiger partial charge in [-0.1, -0.05) is 12.1 Å². The van der Waals surface area contributed by atoms with Crippen molar-refractivity contribution >= 4 is 0 Å². The van der Waals surface area contributed by atoms with Crippen molar-refractivity contribution in [3.63, 3.8) is 0 Å². The highest BCUT2D eigenvalue weighted by atomic mass is 15.4. The molecule has 1 saturated carbocycles. The Kier molecular flexibility index (Phi) is 1.70. The lowest BCUT2D eigenvalue weighted by molar-refractivity contribution is 0.566. The molecule has 0 aromatic carbocycles. The van der Waals surface area contributed by atoms with Crippen LogP contribution in [0.15, 0.2) is 0 Å². The fourth-order valence-corrected chi connectivity index (χ4v) is 3.12. The van der Waals surface area contributed by atoms with Gasteiger partial charge in [-0.25, -0.2) is 0 Å². The van der Waals surface area contributed by atoms with Gasteiger partial charge in [0, 0.05) is 7.05 Å². The Balaban J connectivity index is 1.87. The molecule has 0 spiro atoms. The van der Waals surface area contributed by atoms with Crippen LogP contribution in [0.3, 0.4) is 0 Å². The van der Waals surface area contributed by atoms with Crippen molar-refractivity contribution in [2.75, 3.05) is 0 Å². The summed E-state index contributed by atoms with van der Waals surface area (Å²) in [5.74, 6) is 2.96. The Morgan fingerprint density at radius 1 is 1.21 bits per heavy atom. The van der Waals surface area contributed by atoms with E-state index < -0.39 is 0 Å². The molecule has 3 rings (SSSR count). The fourth-order valence-electron chi connectivity index (χ4n) is 3.12. The highest BCUT2D eigenvalue weighted by Gasteiger charge is 2.46. The molecule has 0 bridgehead atoms. The Hall–Kier alpha value is -0.860. The number of hydrogen-bond donors (Lipinski definition) is 0. The molecule has 1 aromatic heterocycles. The van der Waals surface area contributed by atoms with Gasteiger partial charge in [-0.3, -0.25) is 4.68 Å². The highest BCUT2D eigenvalue weighted by Crippen LogP contribution is 2.52. The molecule has 0 N–H and O–H groups in total. The molecule has 2 aliphatic rings. The van der Waals surface area contributed by atoms with Crippen LogP contribution in [0.2, 0.25) is 0 Å². The molecule has 0 aliphatic heterocycles. The van der Waals surface area contributed by atoms with E-state index in [1.54, 1.807) is 0 Å². The molecule has 1 aromatic rings. The normalized spacial score (nSPS) is 35.4. The molecule has 1 fully saturated rings. The van der Waals surface area contributed by atoms with Crippen molar-refractivity contribution in [3.8, 4) is 0 Å². The second kappa shape index (κ2) is 2.81. The Morgan fingerprint density at radius 3 is 2.71 bits per heavy atom. The van der Waals surface area contributed by atoms with Gasteiger partial charge in [-0.05, 0) is 43.4 Å². The first-order valence-electron chi connectivity index (χ1n) is 5.65. The first-order chi connectivity index (χ1) is 6.77. The van der Waals surface area contributed by atoms with E-state index in [-0.39, 0.29) is 0 Å². The van der Waals surface area contributed by atoms with Crippen molar-refractivity contribution in [3.05, 3.63) is 11.4 Å². The van der Waals surface area contributed by atoms with Gasteiger partial charge in [0.2, 0.25) is 0 Å². The van der Waals surface area contributed by atoms with Crippen molar-refractivity contribution in [2.45, 2.75) is 32.6 Å². The fraction of sp³-hybridized carbons (Fsp3) is 0.818. The van der Waals surface area contributed by atoms with Crippen molar-refractivity contribution in [1.29, 1.82) is 0 Å². The van der Waals surface area contributed by atoms with Crippen molar-refractivity contribution in [1.82, 2.24) is 15.0 Å². The molecule has 3 nitrogen and oxygen atoms in total. The maximum Gasteiger partial charge on any atom is 0.0859 e. The zero-order valence-electron chi connectivity index (χ0n) is 8.90. The van der Waals surface area contributed by atoms with Crippen LogP contribution in [0.1, 0.15) is 31.2 Å². The molecule has 14 heavy (non-hydrogen) atoms.